The van der Waals surface area contributed by atoms with Crippen molar-refractivity contribution in [2.45, 2.75) is 45.1 Å². The van der Waals surface area contributed by atoms with E-state index in [9.17, 15) is 0 Å². The maximum Gasteiger partial charge on any atom is 0.107 e. The molecule has 2 nitrogen and oxygen atoms in total. The van der Waals surface area contributed by atoms with Gasteiger partial charge in [-0.05, 0) is 25.2 Å². The Balaban J connectivity index is 2.58. The van der Waals surface area contributed by atoms with Crippen molar-refractivity contribution in [3.63, 3.8) is 0 Å². The minimum Gasteiger partial charge on any atom is -0.251 e. The van der Waals surface area contributed by atoms with Crippen LogP contribution in [0.1, 0.15) is 39.5 Å². The van der Waals surface area contributed by atoms with Gasteiger partial charge in [-0.15, -0.1) is 0 Å². The molecule has 0 saturated heterocycles. The second kappa shape index (κ2) is 3.58. The zero-order valence-corrected chi connectivity index (χ0v) is 7.97. The lowest BCUT2D eigenvalue weighted by atomic mass is 9.91. The average Bonchev–Trinajstić information content (AvgIpc) is 2.32. The lowest BCUT2D eigenvalue weighted by Crippen LogP contribution is -2.29. The largest absolute Gasteiger partial charge is 0.251 e. The highest BCUT2D eigenvalue weighted by Gasteiger charge is 2.37. The zero-order chi connectivity index (χ0) is 9.19. The summed E-state index contributed by atoms with van der Waals surface area (Å²) in [4.78, 5) is 4.62. The molecule has 12 heavy (non-hydrogen) atoms. The molecule has 0 heterocycles. The third kappa shape index (κ3) is 2.08. The van der Waals surface area contributed by atoms with Gasteiger partial charge in [0.2, 0.25) is 0 Å². The second-order valence-corrected chi connectivity index (χ2v) is 4.30. The summed E-state index contributed by atoms with van der Waals surface area (Å²) < 4.78 is 0. The molecule has 1 rings (SSSR count). The topological polar surface area (TPSA) is 29.5 Å². The van der Waals surface area contributed by atoms with Crippen molar-refractivity contribution in [3.8, 4) is 0 Å². The fraction of sp³-hybridized carbons (Fsp3) is 0.800. The van der Waals surface area contributed by atoms with Gasteiger partial charge < -0.3 is 0 Å². The van der Waals surface area contributed by atoms with E-state index in [1.807, 2.05) is 0 Å². The number of hydrogen-bond donors (Lipinski definition) is 1. The van der Waals surface area contributed by atoms with Gasteiger partial charge in [0, 0.05) is 6.42 Å². The summed E-state index contributed by atoms with van der Waals surface area (Å²) in [7, 11) is 0. The van der Waals surface area contributed by atoms with Crippen LogP contribution in [0.3, 0.4) is 0 Å². The summed E-state index contributed by atoms with van der Waals surface area (Å²) in [6.07, 6.45) is 3.65. The SMILES string of the molecule is C=C1CCC(CC(C)C)(OO)C1. The van der Waals surface area contributed by atoms with Crippen LogP contribution in [0.2, 0.25) is 0 Å². The van der Waals surface area contributed by atoms with Crippen LogP contribution in [0, 0.1) is 5.92 Å². The van der Waals surface area contributed by atoms with Crippen molar-refractivity contribution in [1.82, 2.24) is 0 Å². The Morgan fingerprint density at radius 1 is 1.67 bits per heavy atom. The highest BCUT2D eigenvalue weighted by molar-refractivity contribution is 5.09. The van der Waals surface area contributed by atoms with Crippen LogP contribution >= 0.6 is 0 Å². The van der Waals surface area contributed by atoms with Crippen molar-refractivity contribution in [2.75, 3.05) is 0 Å². The Labute approximate surface area is 74.2 Å². The van der Waals surface area contributed by atoms with Gasteiger partial charge in [-0.25, -0.2) is 4.89 Å². The molecule has 2 heteroatoms. The Morgan fingerprint density at radius 3 is 2.67 bits per heavy atom. The molecule has 0 radical (unpaired) electrons. The Bertz CT molecular complexity index is 175. The quantitative estimate of drug-likeness (QED) is 0.401. The first-order chi connectivity index (χ1) is 5.58. The number of rotatable bonds is 3. The van der Waals surface area contributed by atoms with E-state index in [-0.39, 0.29) is 5.60 Å². The van der Waals surface area contributed by atoms with Gasteiger partial charge in [0.15, 0.2) is 0 Å². The third-order valence-electron chi connectivity index (χ3n) is 2.48. The van der Waals surface area contributed by atoms with E-state index < -0.39 is 0 Å². The fourth-order valence-electron chi connectivity index (χ4n) is 2.07. The van der Waals surface area contributed by atoms with E-state index in [0.717, 1.165) is 25.7 Å². The molecule has 0 aromatic rings. The van der Waals surface area contributed by atoms with Crippen LogP contribution in [-0.2, 0) is 4.89 Å². The molecule has 0 aromatic carbocycles. The summed E-state index contributed by atoms with van der Waals surface area (Å²) in [5, 5.41) is 8.84. The molecule has 1 aliphatic carbocycles. The first kappa shape index (κ1) is 9.75. The molecular formula is C10H18O2. The van der Waals surface area contributed by atoms with Crippen LogP contribution in [0.15, 0.2) is 12.2 Å². The first-order valence-electron chi connectivity index (χ1n) is 4.57. The molecule has 0 aromatic heterocycles. The Morgan fingerprint density at radius 2 is 2.33 bits per heavy atom. The van der Waals surface area contributed by atoms with Gasteiger partial charge in [0.1, 0.15) is 5.60 Å². The Hall–Kier alpha value is -0.340. The van der Waals surface area contributed by atoms with Gasteiger partial charge in [0.05, 0.1) is 0 Å². The van der Waals surface area contributed by atoms with Gasteiger partial charge in [-0.3, -0.25) is 5.26 Å². The molecule has 1 saturated carbocycles. The highest BCUT2D eigenvalue weighted by atomic mass is 17.1. The second-order valence-electron chi connectivity index (χ2n) is 4.30. The average molecular weight is 170 g/mol. The summed E-state index contributed by atoms with van der Waals surface area (Å²) in [5.74, 6) is 0.558. The van der Waals surface area contributed by atoms with Crippen molar-refractivity contribution in [1.29, 1.82) is 0 Å². The van der Waals surface area contributed by atoms with Crippen LogP contribution in [0.5, 0.6) is 0 Å². The normalized spacial score (nSPS) is 30.2. The molecule has 0 amide bonds. The summed E-state index contributed by atoms with van der Waals surface area (Å²) >= 11 is 0. The summed E-state index contributed by atoms with van der Waals surface area (Å²) in [6, 6.07) is 0. The highest BCUT2D eigenvalue weighted by Crippen LogP contribution is 2.39. The molecule has 1 atom stereocenters. The smallest absolute Gasteiger partial charge is 0.107 e. The van der Waals surface area contributed by atoms with E-state index >= 15 is 0 Å². The maximum absolute atomic E-state index is 8.84. The minimum atomic E-state index is -0.314. The van der Waals surface area contributed by atoms with E-state index in [2.05, 4.69) is 25.3 Å². The third-order valence-corrected chi connectivity index (χ3v) is 2.48. The van der Waals surface area contributed by atoms with Crippen molar-refractivity contribution in [2.24, 2.45) is 5.92 Å². The monoisotopic (exact) mass is 170 g/mol. The van der Waals surface area contributed by atoms with Crippen LogP contribution < -0.4 is 0 Å². The zero-order valence-electron chi connectivity index (χ0n) is 7.97. The standard InChI is InChI=1S/C10H18O2/c1-8(2)6-10(12-11)5-4-9(3)7-10/h8,11H,3-7H2,1-2H3. The van der Waals surface area contributed by atoms with Crippen LogP contribution in [-0.4, -0.2) is 10.9 Å². The summed E-state index contributed by atoms with van der Waals surface area (Å²) in [6.45, 7) is 8.20. The van der Waals surface area contributed by atoms with E-state index in [0.29, 0.717) is 5.92 Å². The van der Waals surface area contributed by atoms with Gasteiger partial charge in [0.25, 0.3) is 0 Å². The van der Waals surface area contributed by atoms with Crippen molar-refractivity contribution >= 4 is 0 Å². The lowest BCUT2D eigenvalue weighted by molar-refractivity contribution is -0.324. The molecular weight excluding hydrogens is 152 g/mol. The van der Waals surface area contributed by atoms with Gasteiger partial charge in [-0.2, -0.15) is 0 Å². The molecule has 1 fully saturated rings. The fourth-order valence-corrected chi connectivity index (χ4v) is 2.07. The maximum atomic E-state index is 8.84. The van der Waals surface area contributed by atoms with Crippen LogP contribution in [0.4, 0.5) is 0 Å². The minimum absolute atomic E-state index is 0.314. The predicted molar refractivity (Wildman–Crippen MR) is 48.9 cm³/mol. The van der Waals surface area contributed by atoms with Crippen molar-refractivity contribution in [3.05, 3.63) is 12.2 Å². The predicted octanol–water partition coefficient (Wildman–Crippen LogP) is 3.00. The molecule has 1 unspecified atom stereocenters. The van der Waals surface area contributed by atoms with E-state index in [1.165, 1.54) is 5.57 Å². The van der Waals surface area contributed by atoms with E-state index in [1.54, 1.807) is 0 Å². The van der Waals surface area contributed by atoms with Crippen molar-refractivity contribution < 1.29 is 10.1 Å². The van der Waals surface area contributed by atoms with Gasteiger partial charge in [-0.1, -0.05) is 26.0 Å². The van der Waals surface area contributed by atoms with Crippen LogP contribution in [0.25, 0.3) is 0 Å². The first-order valence-corrected chi connectivity index (χ1v) is 4.57. The molecule has 70 valence electrons. The van der Waals surface area contributed by atoms with E-state index in [4.69, 9.17) is 5.26 Å². The number of hydrogen-bond acceptors (Lipinski definition) is 2. The summed E-state index contributed by atoms with van der Waals surface area (Å²) in [5.41, 5.74) is 0.885. The molecule has 1 N–H and O–H groups in total. The molecule has 0 spiro atoms. The van der Waals surface area contributed by atoms with Gasteiger partial charge >= 0.3 is 0 Å². The lowest BCUT2D eigenvalue weighted by Gasteiger charge is -2.26. The molecule has 1 aliphatic rings. The Kier molecular flexibility index (Phi) is 2.91. The molecule has 0 bridgehead atoms. The molecule has 0 aliphatic heterocycles.